The summed E-state index contributed by atoms with van der Waals surface area (Å²) in [5, 5.41) is 53.6. The molecule has 2 aliphatic heterocycles. The van der Waals surface area contributed by atoms with Gasteiger partial charge in [0.2, 0.25) is 0 Å². The molecule has 0 spiro atoms. The molecule has 20 nitrogen and oxygen atoms in total. The van der Waals surface area contributed by atoms with E-state index in [1.807, 2.05) is 4.98 Å². The zero-order valence-electron chi connectivity index (χ0n) is 21.3. The Morgan fingerprint density at radius 3 is 2.57 bits per heavy atom. The molecular formula is C18H28FN5O15P2S. The van der Waals surface area contributed by atoms with Crippen LogP contribution in [0, 0.1) is 5.92 Å². The van der Waals surface area contributed by atoms with E-state index in [9.17, 15) is 48.8 Å². The van der Waals surface area contributed by atoms with Crippen LogP contribution in [0.3, 0.4) is 0 Å². The van der Waals surface area contributed by atoms with E-state index >= 15 is 0 Å². The molecule has 8 N–H and O–H groups in total. The standard InChI is InChI=1S/C18H28FN5O15P2S/c1-18(22-23-20)14(30)9(37-16(18)24-3-2-10(26)21-17(24)31)6-36-41(34,42)39-40(32,33)38-15-13(29)12(28)11(27)7(5-35-15)8(19)4-25/h2-3,7-9,11-16,25,27-30H,4-6H2,1H3,(H,32,33)(H,34,42)(H,21,26,31)/t7?,8-,9+,11?,12?,13?,14+,15?,16+,18+,41?/m0/s1. The normalized spacial score (nSPS) is 37.2. The highest BCUT2D eigenvalue weighted by atomic mass is 32.5. The van der Waals surface area contributed by atoms with Gasteiger partial charge in [0.1, 0.15) is 30.0 Å². The molecule has 3 rings (SSSR count). The number of H-pyrrole nitrogens is 1. The molecule has 7 unspecified atom stereocenters. The maximum absolute atomic E-state index is 13.9. The number of nitrogens with one attached hydrogen (secondary N) is 1. The number of rotatable bonds is 11. The second kappa shape index (κ2) is 13.5. The third-order valence-corrected chi connectivity index (χ3v) is 9.99. The minimum Gasteiger partial charge on any atom is -0.393 e. The van der Waals surface area contributed by atoms with E-state index in [0.29, 0.717) is 0 Å². The van der Waals surface area contributed by atoms with Gasteiger partial charge in [0.15, 0.2) is 12.5 Å². The van der Waals surface area contributed by atoms with Gasteiger partial charge in [-0.2, -0.15) is 0 Å². The third-order valence-electron chi connectivity index (χ3n) is 6.47. The van der Waals surface area contributed by atoms with E-state index in [-0.39, 0.29) is 0 Å². The first kappa shape index (κ1) is 34.8. The first-order chi connectivity index (χ1) is 19.5. The summed E-state index contributed by atoms with van der Waals surface area (Å²) in [5.41, 5.74) is 5.38. The van der Waals surface area contributed by atoms with Gasteiger partial charge in [-0.05, 0) is 24.3 Å². The Balaban J connectivity index is 1.70. The van der Waals surface area contributed by atoms with Crippen LogP contribution < -0.4 is 11.2 Å². The van der Waals surface area contributed by atoms with Gasteiger partial charge in [0.05, 0.1) is 32.0 Å². The van der Waals surface area contributed by atoms with Crippen molar-refractivity contribution in [1.82, 2.24) is 9.55 Å². The zero-order valence-corrected chi connectivity index (χ0v) is 23.9. The number of phosphoric acid groups is 1. The van der Waals surface area contributed by atoms with Crippen molar-refractivity contribution in [3.05, 3.63) is 43.5 Å². The lowest BCUT2D eigenvalue weighted by Crippen LogP contribution is -2.47. The lowest BCUT2D eigenvalue weighted by atomic mass is 9.93. The van der Waals surface area contributed by atoms with Crippen molar-refractivity contribution in [1.29, 1.82) is 0 Å². The molecule has 0 saturated carbocycles. The van der Waals surface area contributed by atoms with Gasteiger partial charge in [0, 0.05) is 23.1 Å². The van der Waals surface area contributed by atoms with Gasteiger partial charge >= 0.3 is 20.2 Å². The first-order valence-electron chi connectivity index (χ1n) is 11.8. The molecule has 0 amide bonds. The monoisotopic (exact) mass is 667 g/mol. The average Bonchev–Trinajstić information content (AvgIpc) is 3.08. The predicted octanol–water partition coefficient (Wildman–Crippen LogP) is -2.38. The number of azide groups is 1. The summed E-state index contributed by atoms with van der Waals surface area (Å²) in [4.78, 5) is 48.7. The molecule has 42 heavy (non-hydrogen) atoms. The van der Waals surface area contributed by atoms with Crippen LogP contribution in [-0.4, -0.2) is 113 Å². The quantitative estimate of drug-likeness (QED) is 0.0528. The van der Waals surface area contributed by atoms with Crippen molar-refractivity contribution in [2.24, 2.45) is 11.0 Å². The number of ether oxygens (including phenoxy) is 2. The number of nitrogens with zero attached hydrogens (tertiary/aromatic N) is 4. The fraction of sp³-hybridized carbons (Fsp3) is 0.778. The summed E-state index contributed by atoms with van der Waals surface area (Å²) in [6, 6.07) is 0.953. The highest BCUT2D eigenvalue weighted by Gasteiger charge is 2.55. The van der Waals surface area contributed by atoms with Crippen molar-refractivity contribution in [3.8, 4) is 0 Å². The molecule has 2 aliphatic rings. The third kappa shape index (κ3) is 7.69. The van der Waals surface area contributed by atoms with E-state index in [0.717, 1.165) is 16.8 Å². The zero-order chi connectivity index (χ0) is 31.6. The summed E-state index contributed by atoms with van der Waals surface area (Å²) in [6.45, 7) is -6.32. The van der Waals surface area contributed by atoms with Crippen LogP contribution in [0.4, 0.5) is 4.39 Å². The largest absolute Gasteiger partial charge is 0.481 e. The Morgan fingerprint density at radius 1 is 1.31 bits per heavy atom. The topological polar surface area (TPSA) is 308 Å². The van der Waals surface area contributed by atoms with Gasteiger partial charge in [0.25, 0.3) is 5.56 Å². The summed E-state index contributed by atoms with van der Waals surface area (Å²) in [6.07, 6.45) is -14.5. The molecule has 0 aliphatic carbocycles. The number of aliphatic hydroxyl groups is 5. The Labute approximate surface area is 239 Å². The average molecular weight is 667 g/mol. The van der Waals surface area contributed by atoms with Crippen LogP contribution in [0.25, 0.3) is 10.4 Å². The summed E-state index contributed by atoms with van der Waals surface area (Å²) >= 11 is 4.69. The summed E-state index contributed by atoms with van der Waals surface area (Å²) in [5.74, 6) is -1.57. The smallest absolute Gasteiger partial charge is 0.393 e. The number of alkyl halides is 1. The minimum atomic E-state index is -5.52. The number of halogens is 1. The van der Waals surface area contributed by atoms with E-state index < -0.39 is 106 Å². The maximum atomic E-state index is 13.9. The predicted molar refractivity (Wildman–Crippen MR) is 136 cm³/mol. The van der Waals surface area contributed by atoms with Crippen LogP contribution in [0.5, 0.6) is 0 Å². The van der Waals surface area contributed by atoms with Gasteiger partial charge < -0.3 is 49.3 Å². The fourth-order valence-corrected chi connectivity index (χ4v) is 7.34. The molecule has 1 aromatic rings. The Bertz CT molecular complexity index is 1380. The number of hydrogen-bond acceptors (Lipinski definition) is 15. The van der Waals surface area contributed by atoms with Crippen LogP contribution in [0.1, 0.15) is 13.2 Å². The molecular weight excluding hydrogens is 639 g/mol. The van der Waals surface area contributed by atoms with E-state index in [1.54, 1.807) is 0 Å². The molecule has 3 heterocycles. The van der Waals surface area contributed by atoms with Crippen LogP contribution in [0.2, 0.25) is 0 Å². The Morgan fingerprint density at radius 2 is 1.98 bits per heavy atom. The lowest BCUT2D eigenvalue weighted by Gasteiger charge is -2.28. The molecule has 2 fully saturated rings. The molecule has 0 radical (unpaired) electrons. The Hall–Kier alpha value is -1.68. The number of aromatic amines is 1. The van der Waals surface area contributed by atoms with Crippen molar-refractivity contribution < 1.29 is 67.1 Å². The number of phosphoric ester groups is 1. The molecule has 0 aromatic carbocycles. The van der Waals surface area contributed by atoms with Crippen molar-refractivity contribution in [3.63, 3.8) is 0 Å². The fourth-order valence-electron chi connectivity index (χ4n) is 4.23. The molecule has 2 saturated heterocycles. The van der Waals surface area contributed by atoms with Crippen LogP contribution in [-0.2, 0) is 39.2 Å². The van der Waals surface area contributed by atoms with Crippen molar-refractivity contribution in [2.45, 2.75) is 61.7 Å². The van der Waals surface area contributed by atoms with Crippen LogP contribution in [0.15, 0.2) is 27.0 Å². The van der Waals surface area contributed by atoms with Gasteiger partial charge in [-0.3, -0.25) is 18.9 Å². The second-order valence-corrected chi connectivity index (χ2v) is 13.7. The maximum Gasteiger partial charge on any atom is 0.481 e. The van der Waals surface area contributed by atoms with E-state index in [2.05, 4.69) is 18.9 Å². The van der Waals surface area contributed by atoms with E-state index in [4.69, 9.17) is 36.4 Å². The SMILES string of the molecule is C[C@@]1(N=[N+]=[N-])[C@H](O)[C@@H](COP(O)(=S)OP(=O)(O)OC2OCC([C@@H](F)CO)C(O)C(O)C2O)O[C@H]1n1ccc(=O)[nH]c1=O. The van der Waals surface area contributed by atoms with Gasteiger partial charge in [-0.1, -0.05) is 5.11 Å². The summed E-state index contributed by atoms with van der Waals surface area (Å²) < 4.78 is 51.9. The second-order valence-electron chi connectivity index (χ2n) is 9.36. The number of hydrogen-bond donors (Lipinski definition) is 8. The highest BCUT2D eigenvalue weighted by Crippen LogP contribution is 2.61. The lowest BCUT2D eigenvalue weighted by molar-refractivity contribution is -0.173. The highest BCUT2D eigenvalue weighted by molar-refractivity contribution is 8.08. The molecule has 0 bridgehead atoms. The summed E-state index contributed by atoms with van der Waals surface area (Å²) in [7, 11) is -5.52. The number of aliphatic hydroxyl groups excluding tert-OH is 5. The van der Waals surface area contributed by atoms with E-state index in [1.165, 1.54) is 6.92 Å². The molecule has 1 aromatic heterocycles. The molecule has 12 atom stereocenters. The number of aromatic nitrogens is 2. The first-order valence-corrected chi connectivity index (χ1v) is 15.9. The van der Waals surface area contributed by atoms with Gasteiger partial charge in [-0.25, -0.2) is 18.1 Å². The van der Waals surface area contributed by atoms with Crippen molar-refractivity contribution in [2.75, 3.05) is 19.8 Å². The Kier molecular flexibility index (Phi) is 11.2. The van der Waals surface area contributed by atoms with Gasteiger partial charge in [-0.15, -0.1) is 0 Å². The van der Waals surface area contributed by atoms with Crippen LogP contribution >= 0.6 is 14.5 Å². The molecule has 24 heteroatoms. The minimum absolute atomic E-state index is 0.752. The molecule has 238 valence electrons. The van der Waals surface area contributed by atoms with Crippen molar-refractivity contribution >= 4 is 26.3 Å².